The van der Waals surface area contributed by atoms with Crippen LogP contribution in [0.1, 0.15) is 17.3 Å². The second-order valence-electron chi connectivity index (χ2n) is 4.83. The summed E-state index contributed by atoms with van der Waals surface area (Å²) >= 11 is 0. The number of rotatable bonds is 6. The van der Waals surface area contributed by atoms with E-state index in [0.717, 1.165) is 0 Å². The summed E-state index contributed by atoms with van der Waals surface area (Å²) < 4.78 is 24.2. The Labute approximate surface area is 132 Å². The lowest BCUT2D eigenvalue weighted by Gasteiger charge is -2.14. The number of fused-ring (bicyclic) bond motifs is 1. The van der Waals surface area contributed by atoms with Crippen molar-refractivity contribution in [1.82, 2.24) is 9.88 Å². The Hall–Kier alpha value is -2.57. The molecule has 0 atom stereocenters. The minimum Gasteiger partial charge on any atom is -0.493 e. The molecule has 0 spiro atoms. The van der Waals surface area contributed by atoms with E-state index < -0.39 is 12.6 Å². The smallest absolute Gasteiger partial charge is 0.258 e. The van der Waals surface area contributed by atoms with Crippen molar-refractivity contribution in [2.24, 2.45) is 0 Å². The van der Waals surface area contributed by atoms with E-state index in [2.05, 4.69) is 5.32 Å². The summed E-state index contributed by atoms with van der Waals surface area (Å²) in [6, 6.07) is 3.13. The molecule has 1 heterocycles. The second-order valence-corrected chi connectivity index (χ2v) is 4.83. The van der Waals surface area contributed by atoms with Crippen LogP contribution in [-0.4, -0.2) is 37.9 Å². The van der Waals surface area contributed by atoms with Crippen LogP contribution in [0.25, 0.3) is 10.8 Å². The monoisotopic (exact) mass is 322 g/mol. The molecule has 0 aliphatic heterocycles. The lowest BCUT2D eigenvalue weighted by Crippen LogP contribution is -2.28. The van der Waals surface area contributed by atoms with Crippen molar-refractivity contribution < 1.29 is 18.7 Å². The van der Waals surface area contributed by atoms with Crippen molar-refractivity contribution in [2.45, 2.75) is 13.5 Å². The molecule has 2 rings (SSSR count). The van der Waals surface area contributed by atoms with E-state index in [9.17, 15) is 14.0 Å². The molecule has 1 N–H and O–H groups in total. The van der Waals surface area contributed by atoms with Gasteiger partial charge in [0, 0.05) is 24.7 Å². The summed E-state index contributed by atoms with van der Waals surface area (Å²) in [4.78, 5) is 24.8. The molecule has 0 bridgehead atoms. The molecule has 0 radical (unpaired) electrons. The molecule has 0 aliphatic carbocycles. The average molecular weight is 322 g/mol. The van der Waals surface area contributed by atoms with E-state index in [1.54, 1.807) is 19.1 Å². The highest BCUT2D eigenvalue weighted by atomic mass is 19.1. The van der Waals surface area contributed by atoms with Crippen LogP contribution in [0.4, 0.5) is 4.39 Å². The fourth-order valence-electron chi connectivity index (χ4n) is 2.39. The first-order valence-electron chi connectivity index (χ1n) is 7.20. The van der Waals surface area contributed by atoms with Crippen molar-refractivity contribution in [3.05, 3.63) is 34.2 Å². The zero-order valence-electron chi connectivity index (χ0n) is 13.3. The van der Waals surface area contributed by atoms with Crippen molar-refractivity contribution in [3.63, 3.8) is 0 Å². The van der Waals surface area contributed by atoms with Crippen LogP contribution >= 0.6 is 0 Å². The third-order valence-electron chi connectivity index (χ3n) is 3.56. The van der Waals surface area contributed by atoms with Crippen molar-refractivity contribution in [3.8, 4) is 11.5 Å². The topological polar surface area (TPSA) is 69.6 Å². The Morgan fingerprint density at radius 1 is 1.22 bits per heavy atom. The minimum absolute atomic E-state index is 0.0845. The Morgan fingerprint density at radius 3 is 2.35 bits per heavy atom. The summed E-state index contributed by atoms with van der Waals surface area (Å²) in [7, 11) is 2.94. The van der Waals surface area contributed by atoms with Crippen molar-refractivity contribution >= 4 is 16.7 Å². The number of benzene rings is 1. The Bertz CT molecular complexity index is 786. The summed E-state index contributed by atoms with van der Waals surface area (Å²) in [5, 5.41) is 3.26. The van der Waals surface area contributed by atoms with E-state index in [1.165, 1.54) is 25.0 Å². The van der Waals surface area contributed by atoms with Gasteiger partial charge in [-0.15, -0.1) is 0 Å². The number of ether oxygens (including phenoxy) is 2. The zero-order valence-corrected chi connectivity index (χ0v) is 13.3. The molecule has 1 aromatic heterocycles. The summed E-state index contributed by atoms with van der Waals surface area (Å²) in [5.74, 6) is 0.372. The predicted octanol–water partition coefficient (Wildman–Crippen LogP) is 1.74. The van der Waals surface area contributed by atoms with E-state index in [1.807, 2.05) is 0 Å². The van der Waals surface area contributed by atoms with Crippen LogP contribution in [0, 0.1) is 0 Å². The number of hydrogen-bond acceptors (Lipinski definition) is 4. The van der Waals surface area contributed by atoms with Gasteiger partial charge in [0.15, 0.2) is 11.5 Å². The van der Waals surface area contributed by atoms with E-state index in [-0.39, 0.29) is 17.7 Å². The molecule has 1 aromatic carbocycles. The van der Waals surface area contributed by atoms with Crippen LogP contribution in [0.3, 0.4) is 0 Å². The Morgan fingerprint density at radius 2 is 1.83 bits per heavy atom. The number of hydrogen-bond donors (Lipinski definition) is 1. The second kappa shape index (κ2) is 7.13. The third kappa shape index (κ3) is 3.13. The molecular formula is C16H19FN2O4. The van der Waals surface area contributed by atoms with E-state index in [0.29, 0.717) is 28.8 Å². The summed E-state index contributed by atoms with van der Waals surface area (Å²) in [6.07, 6.45) is 1.48. The standard InChI is InChI=1S/C16H19FN2O4/c1-4-19-9-12(15(20)18-6-5-17)10-7-13(22-2)14(23-3)8-11(10)16(19)21/h7-9H,4-6H2,1-3H3,(H,18,20). The molecule has 0 aliphatic rings. The number of halogens is 1. The largest absolute Gasteiger partial charge is 0.493 e. The maximum absolute atomic E-state index is 12.5. The Kier molecular flexibility index (Phi) is 5.20. The van der Waals surface area contributed by atoms with Gasteiger partial charge in [-0.25, -0.2) is 4.39 Å². The van der Waals surface area contributed by atoms with Gasteiger partial charge >= 0.3 is 0 Å². The van der Waals surface area contributed by atoms with Crippen LogP contribution in [0.5, 0.6) is 11.5 Å². The van der Waals surface area contributed by atoms with Crippen LogP contribution in [-0.2, 0) is 6.54 Å². The van der Waals surface area contributed by atoms with Gasteiger partial charge in [0.05, 0.1) is 25.2 Å². The first-order chi connectivity index (χ1) is 11.1. The molecule has 7 heteroatoms. The fraction of sp³-hybridized carbons (Fsp3) is 0.375. The molecule has 124 valence electrons. The predicted molar refractivity (Wildman–Crippen MR) is 85.3 cm³/mol. The maximum Gasteiger partial charge on any atom is 0.258 e. The van der Waals surface area contributed by atoms with Gasteiger partial charge in [0.2, 0.25) is 0 Å². The first kappa shape index (κ1) is 16.8. The number of methoxy groups -OCH3 is 2. The number of aromatic nitrogens is 1. The van der Waals surface area contributed by atoms with Gasteiger partial charge in [-0.05, 0) is 19.1 Å². The number of nitrogens with one attached hydrogen (secondary N) is 1. The summed E-state index contributed by atoms with van der Waals surface area (Å²) in [5.41, 5.74) is 0.0568. The highest BCUT2D eigenvalue weighted by molar-refractivity contribution is 6.07. The molecule has 0 fully saturated rings. The minimum atomic E-state index is -0.658. The number of aryl methyl sites for hydroxylation is 1. The van der Waals surface area contributed by atoms with Crippen molar-refractivity contribution in [1.29, 1.82) is 0 Å². The van der Waals surface area contributed by atoms with Crippen molar-refractivity contribution in [2.75, 3.05) is 27.4 Å². The molecule has 23 heavy (non-hydrogen) atoms. The molecular weight excluding hydrogens is 303 g/mol. The van der Waals surface area contributed by atoms with E-state index >= 15 is 0 Å². The van der Waals surface area contributed by atoms with Gasteiger partial charge in [-0.3, -0.25) is 9.59 Å². The molecule has 2 aromatic rings. The number of carbonyl (C=O) groups is 1. The van der Waals surface area contributed by atoms with Gasteiger partial charge in [0.1, 0.15) is 6.67 Å². The van der Waals surface area contributed by atoms with Gasteiger partial charge in [-0.2, -0.15) is 0 Å². The van der Waals surface area contributed by atoms with Gasteiger partial charge < -0.3 is 19.4 Å². The quantitative estimate of drug-likeness (QED) is 0.879. The fourth-order valence-corrected chi connectivity index (χ4v) is 2.39. The normalized spacial score (nSPS) is 10.6. The highest BCUT2D eigenvalue weighted by Gasteiger charge is 2.17. The van der Waals surface area contributed by atoms with Crippen LogP contribution < -0.4 is 20.3 Å². The highest BCUT2D eigenvalue weighted by Crippen LogP contribution is 2.32. The average Bonchev–Trinajstić information content (AvgIpc) is 2.58. The Balaban J connectivity index is 2.77. The van der Waals surface area contributed by atoms with Gasteiger partial charge in [0.25, 0.3) is 11.5 Å². The SMILES string of the molecule is CCn1cc(C(=O)NCCF)c2cc(OC)c(OC)cc2c1=O. The van der Waals surface area contributed by atoms with Crippen LogP contribution in [0.15, 0.2) is 23.1 Å². The maximum atomic E-state index is 12.5. The molecule has 1 amide bonds. The van der Waals surface area contributed by atoms with Gasteiger partial charge in [-0.1, -0.05) is 0 Å². The van der Waals surface area contributed by atoms with E-state index in [4.69, 9.17) is 9.47 Å². The number of pyridine rings is 1. The number of nitrogens with zero attached hydrogens (tertiary/aromatic N) is 1. The first-order valence-corrected chi connectivity index (χ1v) is 7.20. The molecule has 0 unspecified atom stereocenters. The number of carbonyl (C=O) groups excluding carboxylic acids is 1. The molecule has 0 saturated heterocycles. The molecule has 0 saturated carbocycles. The zero-order chi connectivity index (χ0) is 17.0. The number of amides is 1. The molecule has 6 nitrogen and oxygen atoms in total. The lowest BCUT2D eigenvalue weighted by atomic mass is 10.1. The third-order valence-corrected chi connectivity index (χ3v) is 3.56. The summed E-state index contributed by atoms with van der Waals surface area (Å²) in [6.45, 7) is 1.47. The lowest BCUT2D eigenvalue weighted by molar-refractivity contribution is 0.0951. The van der Waals surface area contributed by atoms with Crippen LogP contribution in [0.2, 0.25) is 0 Å². The number of alkyl halides is 1.